The van der Waals surface area contributed by atoms with Crippen LogP contribution in [0.1, 0.15) is 5.56 Å². The molecular formula is C13H16N2O4S. The number of anilines is 1. The molecule has 0 bridgehead atoms. The van der Waals surface area contributed by atoms with Gasteiger partial charge in [0.2, 0.25) is 0 Å². The van der Waals surface area contributed by atoms with Crippen LogP contribution in [0, 0.1) is 0 Å². The number of para-hydroxylation sites is 1. The smallest absolute Gasteiger partial charge is 0.327 e. The number of rotatable bonds is 4. The van der Waals surface area contributed by atoms with Crippen LogP contribution in [0.3, 0.4) is 0 Å². The molecule has 1 aliphatic rings. The third-order valence-corrected chi connectivity index (χ3v) is 4.00. The van der Waals surface area contributed by atoms with Crippen molar-refractivity contribution in [1.82, 2.24) is 4.90 Å². The van der Waals surface area contributed by atoms with Crippen molar-refractivity contribution < 1.29 is 19.4 Å². The minimum atomic E-state index is -0.977. The summed E-state index contributed by atoms with van der Waals surface area (Å²) >= 11 is 1.43. The first kappa shape index (κ1) is 14.7. The number of amides is 2. The van der Waals surface area contributed by atoms with E-state index in [9.17, 15) is 9.59 Å². The highest BCUT2D eigenvalue weighted by molar-refractivity contribution is 7.99. The van der Waals surface area contributed by atoms with Gasteiger partial charge in [-0.3, -0.25) is 0 Å². The molecule has 7 heteroatoms. The molecule has 0 unspecified atom stereocenters. The number of hydrogen-bond donors (Lipinski definition) is 2. The summed E-state index contributed by atoms with van der Waals surface area (Å²) in [5, 5.41) is 11.8. The first-order chi connectivity index (χ1) is 9.63. The molecule has 6 nitrogen and oxygen atoms in total. The Kier molecular flexibility index (Phi) is 4.86. The van der Waals surface area contributed by atoms with Crippen LogP contribution in [0.2, 0.25) is 0 Å². The fourth-order valence-corrected chi connectivity index (χ4v) is 3.10. The van der Waals surface area contributed by atoms with E-state index in [-0.39, 0.29) is 0 Å². The first-order valence-corrected chi connectivity index (χ1v) is 7.24. The Balaban J connectivity index is 2.10. The molecule has 1 atom stereocenters. The number of carboxylic acids is 1. The number of thioether (sulfide) groups is 1. The number of carboxylic acid groups (broad SMARTS) is 1. The van der Waals surface area contributed by atoms with Crippen molar-refractivity contribution >= 4 is 29.4 Å². The average molecular weight is 296 g/mol. The van der Waals surface area contributed by atoms with E-state index < -0.39 is 18.0 Å². The van der Waals surface area contributed by atoms with Crippen molar-refractivity contribution in [1.29, 1.82) is 0 Å². The van der Waals surface area contributed by atoms with E-state index in [4.69, 9.17) is 9.84 Å². The molecule has 2 amide bonds. The summed E-state index contributed by atoms with van der Waals surface area (Å²) in [5.74, 6) is -0.173. The quantitative estimate of drug-likeness (QED) is 0.886. The second-order valence-corrected chi connectivity index (χ2v) is 5.34. The highest BCUT2D eigenvalue weighted by Gasteiger charge is 2.34. The molecule has 108 valence electrons. The van der Waals surface area contributed by atoms with Gasteiger partial charge in [-0.2, -0.15) is 0 Å². The number of nitrogens with one attached hydrogen (secondary N) is 1. The summed E-state index contributed by atoms with van der Waals surface area (Å²) < 4.78 is 5.07. The Morgan fingerprint density at radius 2 is 2.25 bits per heavy atom. The lowest BCUT2D eigenvalue weighted by Gasteiger charge is -2.21. The fourth-order valence-electron chi connectivity index (χ4n) is 1.96. The first-order valence-electron chi connectivity index (χ1n) is 6.08. The molecule has 1 aromatic carbocycles. The number of aliphatic carboxylic acids is 1. The molecule has 2 rings (SSSR count). The molecular weight excluding hydrogens is 280 g/mol. The van der Waals surface area contributed by atoms with Gasteiger partial charge in [0.25, 0.3) is 0 Å². The van der Waals surface area contributed by atoms with Crippen LogP contribution in [0.15, 0.2) is 24.3 Å². The van der Waals surface area contributed by atoms with Gasteiger partial charge in [0.15, 0.2) is 0 Å². The zero-order valence-electron chi connectivity index (χ0n) is 11.0. The number of ether oxygens (including phenoxy) is 1. The lowest BCUT2D eigenvalue weighted by atomic mass is 10.2. The van der Waals surface area contributed by atoms with Crippen LogP contribution in [0.25, 0.3) is 0 Å². The van der Waals surface area contributed by atoms with E-state index in [1.54, 1.807) is 13.2 Å². The summed E-state index contributed by atoms with van der Waals surface area (Å²) in [6, 6.07) is 6.12. The summed E-state index contributed by atoms with van der Waals surface area (Å²) in [4.78, 5) is 24.6. The molecule has 1 aromatic rings. The molecule has 0 radical (unpaired) electrons. The summed E-state index contributed by atoms with van der Waals surface area (Å²) in [6.07, 6.45) is 0. The van der Waals surface area contributed by atoms with Gasteiger partial charge in [-0.1, -0.05) is 18.2 Å². The molecule has 1 heterocycles. The average Bonchev–Trinajstić information content (AvgIpc) is 2.91. The zero-order chi connectivity index (χ0) is 14.5. The fraction of sp³-hybridized carbons (Fsp3) is 0.385. The van der Waals surface area contributed by atoms with Crippen LogP contribution in [0.5, 0.6) is 0 Å². The Morgan fingerprint density at radius 3 is 2.95 bits per heavy atom. The van der Waals surface area contributed by atoms with Crippen molar-refractivity contribution in [3.63, 3.8) is 0 Å². The van der Waals surface area contributed by atoms with E-state index in [1.165, 1.54) is 16.7 Å². The van der Waals surface area contributed by atoms with Crippen LogP contribution in [-0.4, -0.2) is 46.8 Å². The highest BCUT2D eigenvalue weighted by Crippen LogP contribution is 2.23. The van der Waals surface area contributed by atoms with E-state index >= 15 is 0 Å². The highest BCUT2D eigenvalue weighted by atomic mass is 32.2. The van der Waals surface area contributed by atoms with E-state index in [0.717, 1.165) is 5.56 Å². The van der Waals surface area contributed by atoms with Crippen LogP contribution in [-0.2, 0) is 16.1 Å². The number of methoxy groups -OCH3 is 1. The van der Waals surface area contributed by atoms with E-state index in [0.29, 0.717) is 23.9 Å². The second kappa shape index (κ2) is 6.62. The minimum Gasteiger partial charge on any atom is -0.480 e. The third-order valence-electron chi connectivity index (χ3n) is 2.99. The topological polar surface area (TPSA) is 78.9 Å². The predicted molar refractivity (Wildman–Crippen MR) is 76.8 cm³/mol. The third kappa shape index (κ3) is 3.23. The van der Waals surface area contributed by atoms with Gasteiger partial charge in [0.05, 0.1) is 12.5 Å². The van der Waals surface area contributed by atoms with Gasteiger partial charge in [-0.25, -0.2) is 9.59 Å². The van der Waals surface area contributed by atoms with Crippen LogP contribution in [0.4, 0.5) is 10.5 Å². The van der Waals surface area contributed by atoms with Crippen LogP contribution >= 0.6 is 11.8 Å². The summed E-state index contributed by atoms with van der Waals surface area (Å²) in [7, 11) is 1.58. The lowest BCUT2D eigenvalue weighted by molar-refractivity contribution is -0.140. The number of urea groups is 1. The zero-order valence-corrected chi connectivity index (χ0v) is 11.9. The molecule has 0 aromatic heterocycles. The molecule has 2 N–H and O–H groups in total. The van der Waals surface area contributed by atoms with Crippen molar-refractivity contribution in [2.75, 3.05) is 24.1 Å². The minimum absolute atomic E-state index is 0.383. The maximum absolute atomic E-state index is 12.2. The number of carbonyl (C=O) groups is 2. The molecule has 0 aliphatic carbocycles. The number of carbonyl (C=O) groups excluding carboxylic acids is 1. The Morgan fingerprint density at radius 1 is 1.50 bits per heavy atom. The summed E-state index contributed by atoms with van der Waals surface area (Å²) in [6.45, 7) is 0.383. The molecule has 1 saturated heterocycles. The Bertz CT molecular complexity index is 509. The van der Waals surface area contributed by atoms with Gasteiger partial charge in [0.1, 0.15) is 6.04 Å². The number of hydrogen-bond acceptors (Lipinski definition) is 4. The van der Waals surface area contributed by atoms with Gasteiger partial charge < -0.3 is 20.1 Å². The molecule has 1 fully saturated rings. The standard InChI is InChI=1S/C13H16N2O4S/c1-19-6-9-4-2-3-5-10(9)14-13(18)15-8-20-7-11(15)12(16)17/h2-5,11H,6-8H2,1H3,(H,14,18)(H,16,17)/t11-/m0/s1. The summed E-state index contributed by atoms with van der Waals surface area (Å²) in [5.41, 5.74) is 1.49. The maximum atomic E-state index is 12.2. The molecule has 0 spiro atoms. The van der Waals surface area contributed by atoms with Crippen molar-refractivity contribution in [2.24, 2.45) is 0 Å². The maximum Gasteiger partial charge on any atom is 0.327 e. The Hall–Kier alpha value is -1.73. The van der Waals surface area contributed by atoms with Crippen molar-refractivity contribution in [2.45, 2.75) is 12.6 Å². The SMILES string of the molecule is COCc1ccccc1NC(=O)N1CSC[C@H]1C(=O)O. The molecule has 0 saturated carbocycles. The van der Waals surface area contributed by atoms with Crippen molar-refractivity contribution in [3.05, 3.63) is 29.8 Å². The van der Waals surface area contributed by atoms with Gasteiger partial charge in [-0.05, 0) is 6.07 Å². The van der Waals surface area contributed by atoms with E-state index in [2.05, 4.69) is 5.32 Å². The second-order valence-electron chi connectivity index (χ2n) is 4.34. The van der Waals surface area contributed by atoms with Gasteiger partial charge in [-0.15, -0.1) is 11.8 Å². The Labute approximate surface area is 121 Å². The predicted octanol–water partition coefficient (Wildman–Crippen LogP) is 1.82. The number of nitrogens with zero attached hydrogens (tertiary/aromatic N) is 1. The largest absolute Gasteiger partial charge is 0.480 e. The molecule has 20 heavy (non-hydrogen) atoms. The number of benzene rings is 1. The normalized spacial score (nSPS) is 18.1. The van der Waals surface area contributed by atoms with Crippen LogP contribution < -0.4 is 5.32 Å². The van der Waals surface area contributed by atoms with Gasteiger partial charge >= 0.3 is 12.0 Å². The van der Waals surface area contributed by atoms with E-state index in [1.807, 2.05) is 18.2 Å². The monoisotopic (exact) mass is 296 g/mol. The van der Waals surface area contributed by atoms with Gasteiger partial charge in [0, 0.05) is 24.1 Å². The van der Waals surface area contributed by atoms with Crippen molar-refractivity contribution in [3.8, 4) is 0 Å². The molecule has 1 aliphatic heterocycles. The lowest BCUT2D eigenvalue weighted by Crippen LogP contribution is -2.44.